The molecule has 2 aromatic rings. The van der Waals surface area contributed by atoms with Crippen LogP contribution in [0.1, 0.15) is 0 Å². The molecule has 26 heavy (non-hydrogen) atoms. The van der Waals surface area contributed by atoms with Crippen LogP contribution in [0.15, 0.2) is 36.7 Å². The second kappa shape index (κ2) is 8.82. The topological polar surface area (TPSA) is 62.6 Å². The smallest absolute Gasteiger partial charge is 0.257 e. The minimum Gasteiger partial charge on any atom is -0.484 e. The summed E-state index contributed by atoms with van der Waals surface area (Å²) in [6.45, 7) is 5.86. The van der Waals surface area contributed by atoms with Crippen molar-refractivity contribution < 1.29 is 9.53 Å². The number of amides is 1. The summed E-state index contributed by atoms with van der Waals surface area (Å²) in [4.78, 5) is 16.7. The maximum atomic E-state index is 12.0. The van der Waals surface area contributed by atoms with Gasteiger partial charge in [-0.05, 0) is 24.7 Å². The van der Waals surface area contributed by atoms with Gasteiger partial charge in [0.15, 0.2) is 6.61 Å². The summed E-state index contributed by atoms with van der Waals surface area (Å²) < 4.78 is 7.39. The van der Waals surface area contributed by atoms with E-state index in [2.05, 4.69) is 27.3 Å². The monoisotopic (exact) mass is 357 g/mol. The van der Waals surface area contributed by atoms with E-state index < -0.39 is 0 Å². The molecular weight excluding hydrogens is 330 g/mol. The molecule has 1 amide bonds. The first kappa shape index (κ1) is 18.4. The van der Waals surface area contributed by atoms with Crippen LogP contribution in [0.2, 0.25) is 0 Å². The number of rotatable bonds is 7. The summed E-state index contributed by atoms with van der Waals surface area (Å²) in [5.41, 5.74) is 2.04. The van der Waals surface area contributed by atoms with Gasteiger partial charge in [0.2, 0.25) is 0 Å². The molecule has 1 aliphatic heterocycles. The van der Waals surface area contributed by atoms with Crippen molar-refractivity contribution in [2.24, 2.45) is 7.05 Å². The van der Waals surface area contributed by atoms with Crippen molar-refractivity contribution in [1.82, 2.24) is 24.9 Å². The number of nitrogens with one attached hydrogen (secondary N) is 1. The number of aryl methyl sites for hydroxylation is 1. The van der Waals surface area contributed by atoms with Crippen LogP contribution in [0.25, 0.3) is 11.1 Å². The highest BCUT2D eigenvalue weighted by Gasteiger charge is 2.13. The lowest BCUT2D eigenvalue weighted by molar-refractivity contribution is -0.123. The van der Waals surface area contributed by atoms with Gasteiger partial charge in [0, 0.05) is 58.1 Å². The van der Waals surface area contributed by atoms with Crippen molar-refractivity contribution in [3.63, 3.8) is 0 Å². The van der Waals surface area contributed by atoms with E-state index in [4.69, 9.17) is 4.74 Å². The Morgan fingerprint density at radius 2 is 2.00 bits per heavy atom. The van der Waals surface area contributed by atoms with E-state index in [1.807, 2.05) is 43.7 Å². The van der Waals surface area contributed by atoms with Gasteiger partial charge >= 0.3 is 0 Å². The first-order valence-corrected chi connectivity index (χ1v) is 8.99. The van der Waals surface area contributed by atoms with Gasteiger partial charge in [0.25, 0.3) is 5.91 Å². The van der Waals surface area contributed by atoms with Crippen molar-refractivity contribution in [1.29, 1.82) is 0 Å². The van der Waals surface area contributed by atoms with Gasteiger partial charge in [0.1, 0.15) is 5.75 Å². The number of hydrogen-bond donors (Lipinski definition) is 1. The molecule has 1 aromatic heterocycles. The lowest BCUT2D eigenvalue weighted by atomic mass is 10.1. The van der Waals surface area contributed by atoms with Gasteiger partial charge in [-0.25, -0.2) is 0 Å². The van der Waals surface area contributed by atoms with Crippen LogP contribution in [-0.2, 0) is 11.8 Å². The molecular formula is C19H27N5O2. The average molecular weight is 357 g/mol. The van der Waals surface area contributed by atoms with E-state index in [0.717, 1.165) is 43.9 Å². The quantitative estimate of drug-likeness (QED) is 0.795. The highest BCUT2D eigenvalue weighted by atomic mass is 16.5. The molecule has 1 N–H and O–H groups in total. The first-order chi connectivity index (χ1) is 12.6. The zero-order valence-corrected chi connectivity index (χ0v) is 15.5. The van der Waals surface area contributed by atoms with E-state index in [1.165, 1.54) is 0 Å². The van der Waals surface area contributed by atoms with Crippen LogP contribution in [0.3, 0.4) is 0 Å². The minimum atomic E-state index is -0.0918. The number of benzene rings is 1. The summed E-state index contributed by atoms with van der Waals surface area (Å²) >= 11 is 0. The normalized spacial score (nSPS) is 15.8. The fraction of sp³-hybridized carbons (Fsp3) is 0.474. The van der Waals surface area contributed by atoms with Gasteiger partial charge in [-0.15, -0.1) is 0 Å². The van der Waals surface area contributed by atoms with Gasteiger partial charge in [-0.2, -0.15) is 5.10 Å². The maximum absolute atomic E-state index is 12.0. The first-order valence-electron chi connectivity index (χ1n) is 8.99. The third-order valence-corrected chi connectivity index (χ3v) is 4.59. The maximum Gasteiger partial charge on any atom is 0.257 e. The highest BCUT2D eigenvalue weighted by Crippen LogP contribution is 2.23. The van der Waals surface area contributed by atoms with Gasteiger partial charge in [-0.1, -0.05) is 12.1 Å². The Kier molecular flexibility index (Phi) is 6.25. The number of aromatic nitrogens is 2. The van der Waals surface area contributed by atoms with E-state index >= 15 is 0 Å². The second-order valence-corrected chi connectivity index (χ2v) is 6.71. The van der Waals surface area contributed by atoms with Crippen molar-refractivity contribution in [3.8, 4) is 16.9 Å². The molecule has 0 bridgehead atoms. The van der Waals surface area contributed by atoms with E-state index in [0.29, 0.717) is 12.3 Å². The van der Waals surface area contributed by atoms with Crippen LogP contribution >= 0.6 is 0 Å². The zero-order valence-electron chi connectivity index (χ0n) is 15.5. The van der Waals surface area contributed by atoms with Crippen LogP contribution < -0.4 is 10.1 Å². The lowest BCUT2D eigenvalue weighted by Gasteiger charge is -2.32. The molecule has 1 fully saturated rings. The third kappa shape index (κ3) is 5.31. The Morgan fingerprint density at radius 1 is 1.19 bits per heavy atom. The number of likely N-dealkylation sites (N-methyl/N-ethyl adjacent to an activating group) is 1. The van der Waals surface area contributed by atoms with Crippen LogP contribution in [-0.4, -0.2) is 78.4 Å². The molecule has 0 radical (unpaired) electrons. The van der Waals surface area contributed by atoms with Crippen molar-refractivity contribution >= 4 is 5.91 Å². The summed E-state index contributed by atoms with van der Waals surface area (Å²) in [5, 5.41) is 7.11. The SMILES string of the molecule is CN1CCN(CCNC(=O)COc2cccc(-c3cnn(C)c3)c2)CC1. The Labute approximate surface area is 154 Å². The fourth-order valence-corrected chi connectivity index (χ4v) is 2.96. The standard InChI is InChI=1S/C19H27N5O2/c1-22-8-10-24(11-9-22)7-6-20-19(25)15-26-18-5-3-4-16(12-18)17-13-21-23(2)14-17/h3-5,12-14H,6-11,15H2,1-2H3,(H,20,25). The molecule has 1 aliphatic rings. The molecule has 1 aromatic carbocycles. The Bertz CT molecular complexity index is 722. The van der Waals surface area contributed by atoms with Gasteiger partial charge in [0.05, 0.1) is 6.20 Å². The summed E-state index contributed by atoms with van der Waals surface area (Å²) in [6.07, 6.45) is 3.76. The molecule has 7 nitrogen and oxygen atoms in total. The Hall–Kier alpha value is -2.38. The number of carbonyl (C=O) groups is 1. The third-order valence-electron chi connectivity index (χ3n) is 4.59. The lowest BCUT2D eigenvalue weighted by Crippen LogP contribution is -2.47. The molecule has 0 atom stereocenters. The fourth-order valence-electron chi connectivity index (χ4n) is 2.96. The molecule has 0 unspecified atom stereocenters. The second-order valence-electron chi connectivity index (χ2n) is 6.71. The van der Waals surface area contributed by atoms with Crippen LogP contribution in [0.5, 0.6) is 5.75 Å². The molecule has 0 saturated carbocycles. The Morgan fingerprint density at radius 3 is 2.73 bits per heavy atom. The zero-order chi connectivity index (χ0) is 18.4. The van der Waals surface area contributed by atoms with E-state index in [9.17, 15) is 4.79 Å². The predicted octanol–water partition coefficient (Wildman–Crippen LogP) is 0.830. The molecule has 140 valence electrons. The molecule has 0 spiro atoms. The van der Waals surface area contributed by atoms with Crippen LogP contribution in [0, 0.1) is 0 Å². The van der Waals surface area contributed by atoms with E-state index in [-0.39, 0.29) is 12.5 Å². The molecule has 7 heteroatoms. The largest absolute Gasteiger partial charge is 0.484 e. The molecule has 2 heterocycles. The minimum absolute atomic E-state index is 0.0270. The molecule has 0 aliphatic carbocycles. The van der Waals surface area contributed by atoms with Crippen molar-refractivity contribution in [3.05, 3.63) is 36.7 Å². The Balaban J connectivity index is 1.40. The van der Waals surface area contributed by atoms with Crippen molar-refractivity contribution in [2.45, 2.75) is 0 Å². The van der Waals surface area contributed by atoms with Crippen LogP contribution in [0.4, 0.5) is 0 Å². The van der Waals surface area contributed by atoms with Gasteiger partial charge in [-0.3, -0.25) is 14.4 Å². The number of nitrogens with zero attached hydrogens (tertiary/aromatic N) is 4. The number of carbonyl (C=O) groups excluding carboxylic acids is 1. The highest BCUT2D eigenvalue weighted by molar-refractivity contribution is 5.77. The average Bonchev–Trinajstić information content (AvgIpc) is 3.08. The summed E-state index contributed by atoms with van der Waals surface area (Å²) in [5.74, 6) is 0.589. The van der Waals surface area contributed by atoms with E-state index in [1.54, 1.807) is 4.68 Å². The number of hydrogen-bond acceptors (Lipinski definition) is 5. The molecule has 1 saturated heterocycles. The van der Waals surface area contributed by atoms with Crippen molar-refractivity contribution in [2.75, 3.05) is 52.9 Å². The van der Waals surface area contributed by atoms with Gasteiger partial charge < -0.3 is 15.0 Å². The summed E-state index contributed by atoms with van der Waals surface area (Å²) in [6, 6.07) is 7.70. The number of ether oxygens (including phenoxy) is 1. The molecule has 3 rings (SSSR count). The predicted molar refractivity (Wildman–Crippen MR) is 101 cm³/mol. The number of piperazine rings is 1. The summed E-state index contributed by atoms with van der Waals surface area (Å²) in [7, 11) is 4.02.